The predicted molar refractivity (Wildman–Crippen MR) is 88.7 cm³/mol. The Balaban J connectivity index is 1.93. The van der Waals surface area contributed by atoms with Crippen LogP contribution in [0.5, 0.6) is 0 Å². The molecule has 0 saturated heterocycles. The standard InChI is InChI=1S/C17H13N5O2/c23-16-11-6-7-12(10-4-5-10)19-15(11)22(17(24)20-16)14-3-1-2-13-18-8-9-21(13)14/h1-3,6-10H,4-5H2,(H,20,23,24). The molecular weight excluding hydrogens is 306 g/mol. The Bertz CT molecular complexity index is 1210. The van der Waals surface area contributed by atoms with Crippen LogP contribution in [0, 0.1) is 0 Å². The second-order valence-corrected chi connectivity index (χ2v) is 6.02. The molecule has 7 nitrogen and oxygen atoms in total. The summed E-state index contributed by atoms with van der Waals surface area (Å²) >= 11 is 0. The van der Waals surface area contributed by atoms with Crippen LogP contribution >= 0.6 is 0 Å². The lowest BCUT2D eigenvalue weighted by atomic mass is 10.2. The number of hydrogen-bond acceptors (Lipinski definition) is 4. The van der Waals surface area contributed by atoms with E-state index in [1.165, 1.54) is 4.57 Å². The largest absolute Gasteiger partial charge is 0.335 e. The summed E-state index contributed by atoms with van der Waals surface area (Å²) in [5, 5.41) is 0.399. The van der Waals surface area contributed by atoms with E-state index in [0.717, 1.165) is 24.2 Å². The molecule has 1 saturated carbocycles. The molecule has 0 bridgehead atoms. The van der Waals surface area contributed by atoms with E-state index < -0.39 is 11.2 Å². The number of imidazole rings is 1. The van der Waals surface area contributed by atoms with Gasteiger partial charge in [-0.1, -0.05) is 6.07 Å². The molecule has 1 aliphatic rings. The quantitative estimate of drug-likeness (QED) is 0.608. The van der Waals surface area contributed by atoms with Crippen molar-refractivity contribution in [2.75, 3.05) is 0 Å². The monoisotopic (exact) mass is 319 g/mol. The van der Waals surface area contributed by atoms with Gasteiger partial charge in [0.05, 0.1) is 5.39 Å². The van der Waals surface area contributed by atoms with Crippen molar-refractivity contribution in [3.8, 4) is 5.82 Å². The second kappa shape index (κ2) is 4.64. The van der Waals surface area contributed by atoms with Gasteiger partial charge in [0.1, 0.15) is 11.5 Å². The number of H-pyrrole nitrogens is 1. The third-order valence-corrected chi connectivity index (χ3v) is 4.41. The topological polar surface area (TPSA) is 85.0 Å². The van der Waals surface area contributed by atoms with E-state index in [9.17, 15) is 9.59 Å². The van der Waals surface area contributed by atoms with Crippen molar-refractivity contribution in [1.29, 1.82) is 0 Å². The molecule has 0 radical (unpaired) electrons. The van der Waals surface area contributed by atoms with Crippen LogP contribution in [0.3, 0.4) is 0 Å². The summed E-state index contributed by atoms with van der Waals surface area (Å²) in [5.41, 5.74) is 1.11. The minimum atomic E-state index is -0.505. The average Bonchev–Trinajstić information content (AvgIpc) is 3.32. The summed E-state index contributed by atoms with van der Waals surface area (Å²) in [5.74, 6) is 1.03. The number of nitrogens with one attached hydrogen (secondary N) is 1. The Hall–Kier alpha value is -3.22. The Morgan fingerprint density at radius 3 is 2.83 bits per heavy atom. The SMILES string of the molecule is O=c1[nH]c(=O)n(-c2cccc3nccn23)c2nc(C3CC3)ccc12. The van der Waals surface area contributed by atoms with Crippen molar-refractivity contribution < 1.29 is 0 Å². The highest BCUT2D eigenvalue weighted by Crippen LogP contribution is 2.39. The molecule has 5 rings (SSSR count). The number of nitrogens with zero attached hydrogens (tertiary/aromatic N) is 4. The minimum Gasteiger partial charge on any atom is -0.285 e. The number of rotatable bonds is 2. The third-order valence-electron chi connectivity index (χ3n) is 4.41. The summed E-state index contributed by atoms with van der Waals surface area (Å²) in [6.45, 7) is 0. The van der Waals surface area contributed by atoms with Gasteiger partial charge >= 0.3 is 5.69 Å². The fourth-order valence-corrected chi connectivity index (χ4v) is 3.06. The van der Waals surface area contributed by atoms with Crippen molar-refractivity contribution in [3.63, 3.8) is 0 Å². The zero-order chi connectivity index (χ0) is 16.3. The summed E-state index contributed by atoms with van der Waals surface area (Å²) in [6.07, 6.45) is 5.64. The predicted octanol–water partition coefficient (Wildman–Crippen LogP) is 1.60. The zero-order valence-electron chi connectivity index (χ0n) is 12.6. The molecule has 118 valence electrons. The van der Waals surface area contributed by atoms with Gasteiger partial charge in [0.15, 0.2) is 5.65 Å². The molecule has 0 amide bonds. The molecule has 1 aliphatic carbocycles. The third kappa shape index (κ3) is 1.84. The van der Waals surface area contributed by atoms with Crippen molar-refractivity contribution in [2.45, 2.75) is 18.8 Å². The first-order valence-corrected chi connectivity index (χ1v) is 7.81. The van der Waals surface area contributed by atoms with Gasteiger partial charge in [-0.05, 0) is 37.1 Å². The molecule has 7 heteroatoms. The van der Waals surface area contributed by atoms with Crippen LogP contribution in [0.25, 0.3) is 22.5 Å². The number of aromatic amines is 1. The number of pyridine rings is 2. The second-order valence-electron chi connectivity index (χ2n) is 6.02. The zero-order valence-corrected chi connectivity index (χ0v) is 12.6. The molecule has 24 heavy (non-hydrogen) atoms. The molecular formula is C17H13N5O2. The van der Waals surface area contributed by atoms with Crippen LogP contribution < -0.4 is 11.2 Å². The summed E-state index contributed by atoms with van der Waals surface area (Å²) in [4.78, 5) is 36.0. The van der Waals surface area contributed by atoms with E-state index in [1.807, 2.05) is 18.2 Å². The summed E-state index contributed by atoms with van der Waals surface area (Å²) < 4.78 is 3.24. The molecule has 0 aromatic carbocycles. The molecule has 0 atom stereocenters. The van der Waals surface area contributed by atoms with Crippen LogP contribution in [-0.4, -0.2) is 23.9 Å². The van der Waals surface area contributed by atoms with Gasteiger partial charge in [-0.15, -0.1) is 0 Å². The fourth-order valence-electron chi connectivity index (χ4n) is 3.06. The van der Waals surface area contributed by atoms with Crippen molar-refractivity contribution >= 4 is 16.7 Å². The van der Waals surface area contributed by atoms with E-state index in [-0.39, 0.29) is 0 Å². The van der Waals surface area contributed by atoms with E-state index in [1.54, 1.807) is 28.9 Å². The summed E-state index contributed by atoms with van der Waals surface area (Å²) in [6, 6.07) is 9.11. The van der Waals surface area contributed by atoms with Gasteiger partial charge < -0.3 is 0 Å². The van der Waals surface area contributed by atoms with Gasteiger partial charge in [-0.25, -0.2) is 19.3 Å². The number of hydrogen-bond donors (Lipinski definition) is 1. The fraction of sp³-hybridized carbons (Fsp3) is 0.176. The van der Waals surface area contributed by atoms with Gasteiger partial charge in [0.2, 0.25) is 0 Å². The van der Waals surface area contributed by atoms with Crippen molar-refractivity contribution in [1.82, 2.24) is 23.9 Å². The Morgan fingerprint density at radius 1 is 1.12 bits per heavy atom. The van der Waals surface area contributed by atoms with Crippen LogP contribution in [0.4, 0.5) is 0 Å². The Kier molecular flexibility index (Phi) is 2.56. The molecule has 1 N–H and O–H groups in total. The maximum atomic E-state index is 12.6. The van der Waals surface area contributed by atoms with E-state index in [4.69, 9.17) is 0 Å². The first-order chi connectivity index (χ1) is 11.7. The molecule has 0 aliphatic heterocycles. The maximum Gasteiger partial charge on any atom is 0.335 e. The van der Waals surface area contributed by atoms with Crippen molar-refractivity contribution in [3.05, 3.63) is 69.3 Å². The highest BCUT2D eigenvalue weighted by Gasteiger charge is 2.26. The van der Waals surface area contributed by atoms with Crippen LogP contribution in [0.1, 0.15) is 24.5 Å². The number of fused-ring (bicyclic) bond motifs is 2. The van der Waals surface area contributed by atoms with Gasteiger partial charge in [-0.2, -0.15) is 0 Å². The van der Waals surface area contributed by atoms with Crippen LogP contribution in [0.2, 0.25) is 0 Å². The smallest absolute Gasteiger partial charge is 0.285 e. The minimum absolute atomic E-state index is 0.384. The summed E-state index contributed by atoms with van der Waals surface area (Å²) in [7, 11) is 0. The highest BCUT2D eigenvalue weighted by molar-refractivity contribution is 5.75. The maximum absolute atomic E-state index is 12.6. The van der Waals surface area contributed by atoms with E-state index in [2.05, 4.69) is 15.0 Å². The van der Waals surface area contributed by atoms with E-state index >= 15 is 0 Å². The lowest BCUT2D eigenvalue weighted by Crippen LogP contribution is -2.31. The van der Waals surface area contributed by atoms with E-state index in [0.29, 0.717) is 22.8 Å². The molecule has 0 unspecified atom stereocenters. The molecule has 4 aromatic heterocycles. The normalized spacial score (nSPS) is 14.5. The van der Waals surface area contributed by atoms with Crippen LogP contribution in [0.15, 0.2) is 52.3 Å². The molecule has 4 heterocycles. The van der Waals surface area contributed by atoms with Crippen LogP contribution in [-0.2, 0) is 0 Å². The first-order valence-electron chi connectivity index (χ1n) is 7.81. The lowest BCUT2D eigenvalue weighted by Gasteiger charge is -2.11. The Labute approximate surface area is 135 Å². The van der Waals surface area contributed by atoms with Gasteiger partial charge in [0.25, 0.3) is 5.56 Å². The lowest BCUT2D eigenvalue weighted by molar-refractivity contribution is 0.868. The molecule has 1 fully saturated rings. The molecule has 4 aromatic rings. The average molecular weight is 319 g/mol. The highest BCUT2D eigenvalue weighted by atomic mass is 16.2. The first kappa shape index (κ1) is 13.2. The van der Waals surface area contributed by atoms with Gasteiger partial charge in [0, 0.05) is 24.0 Å². The molecule has 0 spiro atoms. The van der Waals surface area contributed by atoms with Gasteiger partial charge in [-0.3, -0.25) is 14.2 Å². The van der Waals surface area contributed by atoms with Crippen molar-refractivity contribution in [2.24, 2.45) is 0 Å². The number of aromatic nitrogens is 5. The Morgan fingerprint density at radius 2 is 2.00 bits per heavy atom.